The Hall–Kier alpha value is -2.47. The molecule has 0 radical (unpaired) electrons. The highest BCUT2D eigenvalue weighted by molar-refractivity contribution is 7.99. The van der Waals surface area contributed by atoms with Crippen LogP contribution in [0.5, 0.6) is 0 Å². The van der Waals surface area contributed by atoms with Crippen LogP contribution in [0.15, 0.2) is 58.6 Å². The average molecular weight is 355 g/mol. The van der Waals surface area contributed by atoms with Crippen molar-refractivity contribution in [1.29, 1.82) is 0 Å². The van der Waals surface area contributed by atoms with Crippen LogP contribution < -0.4 is 5.32 Å². The number of furan rings is 1. The number of amides is 1. The standard InChI is InChI=1S/C19H21N3O2S/c1-13-6-4-7-16(14(13)2)22-10-9-20-19(22)25-12-18(23)21-15(3)17-8-5-11-24-17/h4-11,15H,12H2,1-3H3,(H,21,23). The van der Waals surface area contributed by atoms with E-state index in [2.05, 4.69) is 36.3 Å². The van der Waals surface area contributed by atoms with Crippen molar-refractivity contribution in [3.8, 4) is 5.69 Å². The van der Waals surface area contributed by atoms with E-state index in [-0.39, 0.29) is 11.9 Å². The van der Waals surface area contributed by atoms with Crippen LogP contribution in [0, 0.1) is 13.8 Å². The van der Waals surface area contributed by atoms with E-state index in [4.69, 9.17) is 4.42 Å². The number of aryl methyl sites for hydroxylation is 1. The molecule has 2 heterocycles. The van der Waals surface area contributed by atoms with Crippen LogP contribution in [-0.4, -0.2) is 21.2 Å². The molecule has 0 saturated heterocycles. The number of nitrogens with one attached hydrogen (secondary N) is 1. The lowest BCUT2D eigenvalue weighted by Crippen LogP contribution is -2.28. The molecule has 1 amide bonds. The predicted molar refractivity (Wildman–Crippen MR) is 99.0 cm³/mol. The molecule has 1 aromatic carbocycles. The molecule has 3 rings (SSSR count). The number of imidazole rings is 1. The average Bonchev–Trinajstić information content (AvgIpc) is 3.27. The van der Waals surface area contributed by atoms with Crippen LogP contribution in [0.25, 0.3) is 5.69 Å². The SMILES string of the molecule is Cc1cccc(-n2ccnc2SCC(=O)NC(C)c2ccco2)c1C. The molecule has 0 bridgehead atoms. The van der Waals surface area contributed by atoms with Crippen LogP contribution in [-0.2, 0) is 4.79 Å². The minimum Gasteiger partial charge on any atom is -0.467 e. The highest BCUT2D eigenvalue weighted by atomic mass is 32.2. The predicted octanol–water partition coefficient (Wildman–Crippen LogP) is 4.05. The van der Waals surface area contributed by atoms with Gasteiger partial charge in [0.05, 0.1) is 23.7 Å². The third kappa shape index (κ3) is 3.96. The second-order valence-corrected chi connectivity index (χ2v) is 6.83. The highest BCUT2D eigenvalue weighted by Gasteiger charge is 2.14. The summed E-state index contributed by atoms with van der Waals surface area (Å²) in [6.07, 6.45) is 5.29. The minimum absolute atomic E-state index is 0.0515. The molecule has 5 nitrogen and oxygen atoms in total. The fourth-order valence-corrected chi connectivity index (χ4v) is 3.38. The molecule has 2 aromatic heterocycles. The lowest BCUT2D eigenvalue weighted by Gasteiger charge is -2.13. The molecule has 6 heteroatoms. The van der Waals surface area contributed by atoms with Gasteiger partial charge in [0.25, 0.3) is 0 Å². The summed E-state index contributed by atoms with van der Waals surface area (Å²) in [5.74, 6) is 0.993. The number of carbonyl (C=O) groups excluding carboxylic acids is 1. The van der Waals surface area contributed by atoms with E-state index in [1.165, 1.54) is 22.9 Å². The van der Waals surface area contributed by atoms with Gasteiger partial charge in [0, 0.05) is 12.4 Å². The number of benzene rings is 1. The maximum atomic E-state index is 12.2. The highest BCUT2D eigenvalue weighted by Crippen LogP contribution is 2.24. The first-order chi connectivity index (χ1) is 12.1. The molecule has 0 spiro atoms. The first-order valence-electron chi connectivity index (χ1n) is 8.11. The number of rotatable bonds is 6. The molecular weight excluding hydrogens is 334 g/mol. The first-order valence-corrected chi connectivity index (χ1v) is 9.10. The molecule has 0 saturated carbocycles. The van der Waals surface area contributed by atoms with E-state index in [1.54, 1.807) is 12.5 Å². The second kappa shape index (κ2) is 7.61. The van der Waals surface area contributed by atoms with Crippen molar-refractivity contribution in [1.82, 2.24) is 14.9 Å². The Balaban J connectivity index is 1.66. The fourth-order valence-electron chi connectivity index (χ4n) is 2.60. The zero-order valence-electron chi connectivity index (χ0n) is 14.5. The zero-order chi connectivity index (χ0) is 17.8. The van der Waals surface area contributed by atoms with Gasteiger partial charge < -0.3 is 9.73 Å². The third-order valence-electron chi connectivity index (χ3n) is 4.12. The van der Waals surface area contributed by atoms with Crippen molar-refractivity contribution in [3.05, 3.63) is 65.9 Å². The molecule has 0 aliphatic carbocycles. The van der Waals surface area contributed by atoms with E-state index >= 15 is 0 Å². The molecule has 0 aliphatic rings. The minimum atomic E-state index is -0.151. The summed E-state index contributed by atoms with van der Waals surface area (Å²) >= 11 is 1.42. The summed E-state index contributed by atoms with van der Waals surface area (Å²) in [4.78, 5) is 16.6. The zero-order valence-corrected chi connectivity index (χ0v) is 15.3. The number of carbonyl (C=O) groups is 1. The topological polar surface area (TPSA) is 60.1 Å². The summed E-state index contributed by atoms with van der Waals surface area (Å²) in [7, 11) is 0. The van der Waals surface area contributed by atoms with Gasteiger partial charge in [-0.2, -0.15) is 0 Å². The van der Waals surface area contributed by atoms with Crippen molar-refractivity contribution in [3.63, 3.8) is 0 Å². The van der Waals surface area contributed by atoms with Crippen LogP contribution in [0.2, 0.25) is 0 Å². The second-order valence-electron chi connectivity index (χ2n) is 5.89. The van der Waals surface area contributed by atoms with Crippen molar-refractivity contribution in [2.75, 3.05) is 5.75 Å². The maximum absolute atomic E-state index is 12.2. The van der Waals surface area contributed by atoms with Crippen LogP contribution in [0.3, 0.4) is 0 Å². The van der Waals surface area contributed by atoms with Gasteiger partial charge in [0.15, 0.2) is 5.16 Å². The summed E-state index contributed by atoms with van der Waals surface area (Å²) < 4.78 is 7.33. The van der Waals surface area contributed by atoms with Gasteiger partial charge in [-0.05, 0) is 50.1 Å². The molecule has 1 atom stereocenters. The molecule has 3 aromatic rings. The Morgan fingerprint density at radius 2 is 2.16 bits per heavy atom. The van der Waals surface area contributed by atoms with Gasteiger partial charge in [-0.15, -0.1) is 0 Å². The van der Waals surface area contributed by atoms with Crippen molar-refractivity contribution in [2.24, 2.45) is 0 Å². The lowest BCUT2D eigenvalue weighted by atomic mass is 10.1. The normalized spacial score (nSPS) is 12.1. The monoisotopic (exact) mass is 355 g/mol. The number of aromatic nitrogens is 2. The number of hydrogen-bond acceptors (Lipinski definition) is 4. The Labute approximate surface area is 151 Å². The quantitative estimate of drug-likeness (QED) is 0.678. The number of nitrogens with zero attached hydrogens (tertiary/aromatic N) is 2. The number of thioether (sulfide) groups is 1. The Morgan fingerprint density at radius 1 is 1.32 bits per heavy atom. The van der Waals surface area contributed by atoms with E-state index < -0.39 is 0 Å². The summed E-state index contributed by atoms with van der Waals surface area (Å²) in [6.45, 7) is 6.08. The van der Waals surface area contributed by atoms with E-state index in [9.17, 15) is 4.79 Å². The van der Waals surface area contributed by atoms with Gasteiger partial charge in [-0.1, -0.05) is 23.9 Å². The number of hydrogen-bond donors (Lipinski definition) is 1. The molecule has 1 unspecified atom stereocenters. The van der Waals surface area contributed by atoms with Gasteiger partial charge in [0.1, 0.15) is 5.76 Å². The molecule has 1 N–H and O–H groups in total. The van der Waals surface area contributed by atoms with Crippen LogP contribution in [0.4, 0.5) is 0 Å². The summed E-state index contributed by atoms with van der Waals surface area (Å²) in [6, 6.07) is 9.70. The van der Waals surface area contributed by atoms with Gasteiger partial charge in [0.2, 0.25) is 5.91 Å². The van der Waals surface area contributed by atoms with E-state index in [1.807, 2.05) is 35.9 Å². The summed E-state index contributed by atoms with van der Waals surface area (Å²) in [5, 5.41) is 3.73. The summed E-state index contributed by atoms with van der Waals surface area (Å²) in [5.41, 5.74) is 3.52. The Kier molecular flexibility index (Phi) is 5.28. The van der Waals surface area contributed by atoms with Crippen molar-refractivity contribution >= 4 is 17.7 Å². The van der Waals surface area contributed by atoms with Crippen LogP contribution in [0.1, 0.15) is 29.9 Å². The smallest absolute Gasteiger partial charge is 0.231 e. The third-order valence-corrected chi connectivity index (χ3v) is 5.09. The van der Waals surface area contributed by atoms with E-state index in [0.717, 1.165) is 16.6 Å². The molecule has 0 fully saturated rings. The molecule has 25 heavy (non-hydrogen) atoms. The van der Waals surface area contributed by atoms with Gasteiger partial charge >= 0.3 is 0 Å². The van der Waals surface area contributed by atoms with Gasteiger partial charge in [-0.3, -0.25) is 9.36 Å². The first kappa shape index (κ1) is 17.4. The lowest BCUT2D eigenvalue weighted by molar-refractivity contribution is -0.119. The Morgan fingerprint density at radius 3 is 2.92 bits per heavy atom. The van der Waals surface area contributed by atoms with Gasteiger partial charge in [-0.25, -0.2) is 4.98 Å². The molecular formula is C19H21N3O2S. The van der Waals surface area contributed by atoms with Crippen LogP contribution >= 0.6 is 11.8 Å². The van der Waals surface area contributed by atoms with Crippen molar-refractivity contribution in [2.45, 2.75) is 32.0 Å². The Bertz CT molecular complexity index is 855. The molecule has 130 valence electrons. The van der Waals surface area contributed by atoms with E-state index in [0.29, 0.717) is 5.75 Å². The maximum Gasteiger partial charge on any atom is 0.231 e. The fraction of sp³-hybridized carbons (Fsp3) is 0.263. The van der Waals surface area contributed by atoms with Crippen molar-refractivity contribution < 1.29 is 9.21 Å². The molecule has 0 aliphatic heterocycles. The largest absolute Gasteiger partial charge is 0.467 e.